The highest BCUT2D eigenvalue weighted by Gasteiger charge is 2.35. The summed E-state index contributed by atoms with van der Waals surface area (Å²) in [4.78, 5) is 29.9. The van der Waals surface area contributed by atoms with Crippen molar-refractivity contribution >= 4 is 5.97 Å². The van der Waals surface area contributed by atoms with E-state index in [1.165, 1.54) is 0 Å². The summed E-state index contributed by atoms with van der Waals surface area (Å²) in [6, 6.07) is 18.5. The van der Waals surface area contributed by atoms with Crippen molar-refractivity contribution in [3.8, 4) is 0 Å². The molecule has 3 atom stereocenters. The van der Waals surface area contributed by atoms with Crippen molar-refractivity contribution in [2.45, 2.75) is 77.8 Å². The highest BCUT2D eigenvalue weighted by Crippen LogP contribution is 2.29. The molecular weight excluding hydrogens is 476 g/mol. The van der Waals surface area contributed by atoms with Gasteiger partial charge in [-0.15, -0.1) is 0 Å². The molecule has 0 radical (unpaired) electrons. The van der Waals surface area contributed by atoms with Gasteiger partial charge in [0.2, 0.25) is 0 Å². The number of pyridine rings is 3. The molecule has 3 aromatic heterocycles. The number of hydrogen-bond donors (Lipinski definition) is 2. The molecule has 0 saturated heterocycles. The Kier molecular flexibility index (Phi) is 12.3. The van der Waals surface area contributed by atoms with E-state index in [9.17, 15) is 9.90 Å². The summed E-state index contributed by atoms with van der Waals surface area (Å²) in [7, 11) is 0. The van der Waals surface area contributed by atoms with Crippen molar-refractivity contribution in [1.29, 1.82) is 0 Å². The van der Waals surface area contributed by atoms with Crippen molar-refractivity contribution in [2.75, 3.05) is 13.1 Å². The minimum Gasteiger partial charge on any atom is -0.480 e. The fourth-order valence-corrected chi connectivity index (χ4v) is 5.16. The molecule has 1 saturated carbocycles. The molecule has 8 nitrogen and oxygen atoms in total. The van der Waals surface area contributed by atoms with Crippen LogP contribution in [0, 0.1) is 0 Å². The molecule has 38 heavy (non-hydrogen) atoms. The first-order chi connectivity index (χ1) is 18.6. The number of rotatable bonds is 12. The maximum atomic E-state index is 11.8. The van der Waals surface area contributed by atoms with Crippen molar-refractivity contribution < 1.29 is 9.90 Å². The van der Waals surface area contributed by atoms with E-state index < -0.39 is 5.97 Å². The second-order valence-corrected chi connectivity index (χ2v) is 9.42. The van der Waals surface area contributed by atoms with E-state index in [1.54, 1.807) is 6.20 Å². The monoisotopic (exact) mass is 518 g/mol. The molecule has 0 aliphatic heterocycles. The lowest BCUT2D eigenvalue weighted by Gasteiger charge is -2.44. The molecule has 4 rings (SSSR count). The van der Waals surface area contributed by atoms with E-state index in [0.29, 0.717) is 19.1 Å². The predicted octanol–water partition coefficient (Wildman–Crippen LogP) is 4.39. The summed E-state index contributed by atoms with van der Waals surface area (Å²) in [5, 5.41) is 13.4. The number of carboxylic acid groups (broad SMARTS) is 1. The van der Waals surface area contributed by atoms with E-state index in [1.807, 2.05) is 74.8 Å². The zero-order valence-electron chi connectivity index (χ0n) is 22.9. The summed E-state index contributed by atoms with van der Waals surface area (Å²) in [6.07, 6.45) is 8.20. The average molecular weight is 519 g/mol. The van der Waals surface area contributed by atoms with Crippen molar-refractivity contribution in [1.82, 2.24) is 30.1 Å². The van der Waals surface area contributed by atoms with Gasteiger partial charge >= 0.3 is 5.97 Å². The lowest BCUT2D eigenvalue weighted by molar-refractivity contribution is -0.139. The second-order valence-electron chi connectivity index (χ2n) is 9.42. The van der Waals surface area contributed by atoms with E-state index >= 15 is 0 Å². The quantitative estimate of drug-likeness (QED) is 0.365. The van der Waals surface area contributed by atoms with Gasteiger partial charge in [-0.3, -0.25) is 29.5 Å². The lowest BCUT2D eigenvalue weighted by atomic mass is 9.84. The molecule has 1 aliphatic carbocycles. The number of nitrogens with one attached hydrogen (secondary N) is 1. The van der Waals surface area contributed by atoms with Gasteiger partial charge in [-0.1, -0.05) is 39.0 Å². The molecule has 0 bridgehead atoms. The summed E-state index contributed by atoms with van der Waals surface area (Å²) in [5.41, 5.74) is 2.95. The molecule has 1 fully saturated rings. The number of nitrogens with zero attached hydrogens (tertiary/aromatic N) is 5. The van der Waals surface area contributed by atoms with Crippen LogP contribution in [-0.2, 0) is 24.4 Å². The van der Waals surface area contributed by atoms with E-state index in [4.69, 9.17) is 0 Å². The number of carboxylic acids is 1. The summed E-state index contributed by atoms with van der Waals surface area (Å²) >= 11 is 0. The van der Waals surface area contributed by atoms with Gasteiger partial charge in [-0.25, -0.2) is 0 Å². The maximum Gasteiger partial charge on any atom is 0.317 e. The van der Waals surface area contributed by atoms with Gasteiger partial charge in [0, 0.05) is 56.4 Å². The fourth-order valence-electron chi connectivity index (χ4n) is 5.16. The van der Waals surface area contributed by atoms with Crippen molar-refractivity contribution in [3.63, 3.8) is 0 Å². The van der Waals surface area contributed by atoms with Crippen LogP contribution in [0.15, 0.2) is 73.2 Å². The van der Waals surface area contributed by atoms with Crippen LogP contribution in [0.2, 0.25) is 0 Å². The van der Waals surface area contributed by atoms with E-state index in [0.717, 1.165) is 49.4 Å². The topological polar surface area (TPSA) is 94.5 Å². The number of carbonyl (C=O) groups is 1. The number of aliphatic carboxylic acids is 1. The van der Waals surface area contributed by atoms with E-state index in [2.05, 4.69) is 43.1 Å². The van der Waals surface area contributed by atoms with Gasteiger partial charge in [0.1, 0.15) is 0 Å². The largest absolute Gasteiger partial charge is 0.480 e. The van der Waals surface area contributed by atoms with E-state index in [-0.39, 0.29) is 18.6 Å². The number of aromatic nitrogens is 3. The molecule has 2 N–H and O–H groups in total. The molecule has 204 valence electrons. The van der Waals surface area contributed by atoms with Gasteiger partial charge in [0.25, 0.3) is 0 Å². The van der Waals surface area contributed by atoms with Gasteiger partial charge in [0.05, 0.1) is 23.6 Å². The summed E-state index contributed by atoms with van der Waals surface area (Å²) < 4.78 is 0. The first kappa shape index (κ1) is 29.4. The van der Waals surface area contributed by atoms with Gasteiger partial charge in [-0.2, -0.15) is 0 Å². The Morgan fingerprint density at radius 3 is 1.79 bits per heavy atom. The van der Waals surface area contributed by atoms with Crippen LogP contribution in [0.5, 0.6) is 0 Å². The third kappa shape index (κ3) is 9.28. The molecule has 3 aromatic rings. The maximum absolute atomic E-state index is 11.8. The van der Waals surface area contributed by atoms with Crippen LogP contribution in [0.4, 0.5) is 0 Å². The smallest absolute Gasteiger partial charge is 0.317 e. The van der Waals surface area contributed by atoms with Crippen molar-refractivity contribution in [3.05, 3.63) is 90.3 Å². The molecule has 1 aliphatic rings. The van der Waals surface area contributed by atoms with Gasteiger partial charge in [0.15, 0.2) is 0 Å². The van der Waals surface area contributed by atoms with Crippen LogP contribution < -0.4 is 5.32 Å². The van der Waals surface area contributed by atoms with Crippen molar-refractivity contribution in [2.24, 2.45) is 0 Å². The zero-order chi connectivity index (χ0) is 27.2. The van der Waals surface area contributed by atoms with Crippen LogP contribution in [-0.4, -0.2) is 67.0 Å². The summed E-state index contributed by atoms with van der Waals surface area (Å²) in [5.74, 6) is -0.813. The highest BCUT2D eigenvalue weighted by molar-refractivity contribution is 5.69. The molecular formula is C30H42N6O2. The third-order valence-electron chi connectivity index (χ3n) is 6.92. The second kappa shape index (κ2) is 15.9. The molecule has 3 heterocycles. The van der Waals surface area contributed by atoms with Crippen LogP contribution in [0.3, 0.4) is 0 Å². The third-order valence-corrected chi connectivity index (χ3v) is 6.92. The molecule has 0 amide bonds. The average Bonchev–Trinajstić information content (AvgIpc) is 2.97. The normalized spacial score (nSPS) is 19.1. The van der Waals surface area contributed by atoms with Crippen LogP contribution in [0.1, 0.15) is 57.1 Å². The minimum absolute atomic E-state index is 0.00666. The predicted molar refractivity (Wildman–Crippen MR) is 150 cm³/mol. The standard InChI is InChI=1S/C28H36N6O2.C2H6/c1-2-33(19-23-10-4-7-13-30-23)26-15-25(32-18-22-9-3-6-12-29-22)16-27(17-26)34(21-28(35)36)20-24-11-5-8-14-31-24;1-2/h3-14,25-27,32H,2,15-21H2,1H3,(H,35,36);1-2H3. The fraction of sp³-hybridized carbons (Fsp3) is 0.467. The highest BCUT2D eigenvalue weighted by atomic mass is 16.4. The Hall–Kier alpha value is -3.20. The van der Waals surface area contributed by atoms with Gasteiger partial charge in [-0.05, 0) is 62.2 Å². The zero-order valence-corrected chi connectivity index (χ0v) is 22.9. The van der Waals surface area contributed by atoms with Gasteiger partial charge < -0.3 is 10.4 Å². The first-order valence-electron chi connectivity index (χ1n) is 13.7. The SMILES string of the molecule is CC.CCN(Cc1ccccn1)C1CC(NCc2ccccn2)CC(N(CC(=O)O)Cc2ccccn2)C1. The van der Waals surface area contributed by atoms with Crippen LogP contribution in [0.25, 0.3) is 0 Å². The molecule has 8 heteroatoms. The lowest BCUT2D eigenvalue weighted by Crippen LogP contribution is -2.53. The first-order valence-corrected chi connectivity index (χ1v) is 13.7. The molecule has 0 aromatic carbocycles. The Bertz CT molecular complexity index is 1050. The summed E-state index contributed by atoms with van der Waals surface area (Å²) in [6.45, 7) is 9.07. The van der Waals surface area contributed by atoms with Crippen LogP contribution >= 0.6 is 0 Å². The molecule has 3 unspecified atom stereocenters. The minimum atomic E-state index is -0.813. The number of hydrogen-bond acceptors (Lipinski definition) is 7. The Labute approximate surface area is 227 Å². The Morgan fingerprint density at radius 1 is 0.816 bits per heavy atom. The Morgan fingerprint density at radius 2 is 1.32 bits per heavy atom. The molecule has 0 spiro atoms. The Balaban J connectivity index is 0.00000195.